The average molecular weight is 645 g/mol. The van der Waals surface area contributed by atoms with E-state index >= 15 is 0 Å². The fourth-order valence-corrected chi connectivity index (χ4v) is 4.64. The molecule has 0 aliphatic rings. The molecule has 0 aromatic heterocycles. The van der Waals surface area contributed by atoms with Gasteiger partial charge in [-0.1, -0.05) is 56.3 Å². The molecule has 5 aromatic rings. The summed E-state index contributed by atoms with van der Waals surface area (Å²) in [6.07, 6.45) is 0. The minimum absolute atomic E-state index is 0.0438. The second kappa shape index (κ2) is 17.1. The van der Waals surface area contributed by atoms with E-state index in [1.54, 1.807) is 6.07 Å². The summed E-state index contributed by atoms with van der Waals surface area (Å²) in [5, 5.41) is 0. The summed E-state index contributed by atoms with van der Waals surface area (Å²) < 4.78 is 11.8. The molecule has 0 saturated carbocycles. The topological polar surface area (TPSA) is 139 Å². The van der Waals surface area contributed by atoms with Gasteiger partial charge in [-0.3, -0.25) is 19.2 Å². The van der Waals surface area contributed by atoms with Crippen LogP contribution in [0.5, 0.6) is 23.0 Å². The number of rotatable bonds is 9. The van der Waals surface area contributed by atoms with Crippen LogP contribution in [-0.2, 0) is 0 Å². The van der Waals surface area contributed by atoms with Crippen molar-refractivity contribution in [2.75, 3.05) is 5.73 Å². The minimum atomic E-state index is -0.808. The Bertz CT molecular complexity index is 1720. The van der Waals surface area contributed by atoms with Gasteiger partial charge in [-0.05, 0) is 105 Å². The molecule has 5 aromatic carbocycles. The monoisotopic (exact) mass is 644 g/mol. The van der Waals surface area contributed by atoms with Crippen molar-refractivity contribution in [2.45, 2.75) is 41.5 Å². The minimum Gasteiger partial charge on any atom is -0.457 e. The maximum absolute atomic E-state index is 11.4. The van der Waals surface area contributed by atoms with Gasteiger partial charge in [0.05, 0.1) is 5.56 Å². The highest BCUT2D eigenvalue weighted by Gasteiger charge is 2.20. The summed E-state index contributed by atoms with van der Waals surface area (Å²) in [6.45, 7) is 9.88. The van der Waals surface area contributed by atoms with E-state index in [0.29, 0.717) is 5.69 Å². The highest BCUT2D eigenvalue weighted by Crippen LogP contribution is 2.29. The first kappa shape index (κ1) is 36.4. The van der Waals surface area contributed by atoms with Gasteiger partial charge in [-0.2, -0.15) is 0 Å². The molecule has 0 radical (unpaired) electrons. The molecule has 0 bridgehead atoms. The van der Waals surface area contributed by atoms with Crippen LogP contribution in [-0.4, -0.2) is 23.3 Å². The van der Waals surface area contributed by atoms with Crippen LogP contribution in [0.1, 0.15) is 81.6 Å². The number of nitrogens with two attached hydrogens (primary N) is 2. The highest BCUT2D eigenvalue weighted by molar-refractivity contribution is 6.13. The van der Waals surface area contributed by atoms with Crippen LogP contribution in [0.3, 0.4) is 0 Å². The summed E-state index contributed by atoms with van der Waals surface area (Å²) in [6, 6.07) is 33.9. The molecule has 0 unspecified atom stereocenters. The number of nitrogen functional groups attached to an aromatic ring is 1. The first-order chi connectivity index (χ1) is 22.9. The summed E-state index contributed by atoms with van der Waals surface area (Å²) in [4.78, 5) is 45.6. The normalized spacial score (nSPS) is 9.96. The molecule has 8 heteroatoms. The number of ketones is 3. The van der Waals surface area contributed by atoms with Gasteiger partial charge >= 0.3 is 0 Å². The van der Waals surface area contributed by atoms with E-state index in [9.17, 15) is 19.2 Å². The molecule has 5 rings (SSSR count). The lowest BCUT2D eigenvalue weighted by Crippen LogP contribution is -2.18. The van der Waals surface area contributed by atoms with Crippen molar-refractivity contribution in [1.82, 2.24) is 0 Å². The second-order valence-corrected chi connectivity index (χ2v) is 10.6. The number of anilines is 1. The smallest absolute Gasteiger partial charge is 0.249 e. The molecule has 246 valence electrons. The van der Waals surface area contributed by atoms with Crippen LogP contribution in [0.2, 0.25) is 0 Å². The third-order valence-corrected chi connectivity index (χ3v) is 6.92. The molecular formula is C40H40N2O6. The zero-order chi connectivity index (χ0) is 35.4. The number of amides is 1. The number of carbonyl (C=O) groups is 4. The molecule has 8 nitrogen and oxygen atoms in total. The number of Topliss-reactive ketones (excluding diaryl/α,β-unsaturated/α-hetero) is 3. The SMILES string of the molecule is CC.CC(=O)c1cc(C(C)=O)c(C(N)=O)cc1C(C)=O.Cc1cccc(Oc2ccc(-c3ccc(Oc4cccc(N)c4)cc3)cc2)c1. The van der Waals surface area contributed by atoms with E-state index in [-0.39, 0.29) is 39.6 Å². The maximum Gasteiger partial charge on any atom is 0.249 e. The van der Waals surface area contributed by atoms with E-state index in [1.807, 2.05) is 86.6 Å². The second-order valence-electron chi connectivity index (χ2n) is 10.6. The molecule has 0 saturated heterocycles. The van der Waals surface area contributed by atoms with Gasteiger partial charge in [0.15, 0.2) is 17.3 Å². The van der Waals surface area contributed by atoms with Crippen molar-refractivity contribution in [2.24, 2.45) is 5.73 Å². The van der Waals surface area contributed by atoms with E-state index in [4.69, 9.17) is 20.9 Å². The van der Waals surface area contributed by atoms with Gasteiger partial charge in [-0.15, -0.1) is 0 Å². The number of ether oxygens (including phenoxy) is 2. The summed E-state index contributed by atoms with van der Waals surface area (Å²) >= 11 is 0. The Kier molecular flexibility index (Phi) is 12.9. The van der Waals surface area contributed by atoms with Gasteiger partial charge in [-0.25, -0.2) is 0 Å². The van der Waals surface area contributed by atoms with Gasteiger partial charge in [0, 0.05) is 28.4 Å². The first-order valence-electron chi connectivity index (χ1n) is 15.4. The number of hydrogen-bond acceptors (Lipinski definition) is 7. The third kappa shape index (κ3) is 9.99. The lowest BCUT2D eigenvalue weighted by atomic mass is 9.92. The number of hydrogen-bond donors (Lipinski definition) is 2. The quantitative estimate of drug-likeness (QED) is 0.120. The molecule has 0 aliphatic carbocycles. The summed E-state index contributed by atoms with van der Waals surface area (Å²) in [5.74, 6) is 1.25. The molecule has 48 heavy (non-hydrogen) atoms. The van der Waals surface area contributed by atoms with Crippen LogP contribution in [0.25, 0.3) is 11.1 Å². The molecule has 1 amide bonds. The fourth-order valence-electron chi connectivity index (χ4n) is 4.64. The Morgan fingerprint density at radius 2 is 0.896 bits per heavy atom. The number of benzene rings is 5. The van der Waals surface area contributed by atoms with Crippen molar-refractivity contribution in [3.63, 3.8) is 0 Å². The van der Waals surface area contributed by atoms with Crippen molar-refractivity contribution >= 4 is 28.9 Å². The van der Waals surface area contributed by atoms with E-state index < -0.39 is 5.91 Å². The van der Waals surface area contributed by atoms with Crippen molar-refractivity contribution in [3.05, 3.63) is 137 Å². The molecule has 4 N–H and O–H groups in total. The first-order valence-corrected chi connectivity index (χ1v) is 15.4. The Morgan fingerprint density at radius 3 is 1.29 bits per heavy atom. The summed E-state index contributed by atoms with van der Waals surface area (Å²) in [5.41, 5.74) is 15.3. The molecule has 0 heterocycles. The van der Waals surface area contributed by atoms with Crippen LogP contribution >= 0.6 is 0 Å². The number of primary amides is 1. The predicted molar refractivity (Wildman–Crippen MR) is 190 cm³/mol. The van der Waals surface area contributed by atoms with Crippen LogP contribution in [0, 0.1) is 6.92 Å². The lowest BCUT2D eigenvalue weighted by Gasteiger charge is -2.09. The molecule has 0 fully saturated rings. The van der Waals surface area contributed by atoms with Gasteiger partial charge < -0.3 is 20.9 Å². The average Bonchev–Trinajstić information content (AvgIpc) is 3.06. The van der Waals surface area contributed by atoms with E-state index in [0.717, 1.165) is 34.1 Å². The van der Waals surface area contributed by atoms with Crippen LogP contribution in [0.15, 0.2) is 109 Å². The largest absolute Gasteiger partial charge is 0.457 e. The molecule has 0 spiro atoms. The van der Waals surface area contributed by atoms with Crippen molar-refractivity contribution in [1.29, 1.82) is 0 Å². The molecular weight excluding hydrogens is 604 g/mol. The standard InChI is InChI=1S/C25H21NO2.C13H13NO4.C2H6/c1-18-4-2-6-24(16-18)27-22-12-8-19(9-13-22)20-10-14-23(15-11-20)28-25-7-3-5-21(26)17-25;1-6(15)9-4-11(8(3)17)12(13(14)18)5-10(9)7(2)16;1-2/h2-17H,26H2,1H3;4-5H,1-3H3,(H2,14,18);1-2H3. The number of aryl methyl sites for hydroxylation is 1. The molecule has 0 atom stereocenters. The fraction of sp³-hybridized carbons (Fsp3) is 0.150. The van der Waals surface area contributed by atoms with Gasteiger partial charge in [0.25, 0.3) is 0 Å². The predicted octanol–water partition coefficient (Wildman–Crippen LogP) is 9.25. The third-order valence-electron chi connectivity index (χ3n) is 6.92. The zero-order valence-corrected chi connectivity index (χ0v) is 28.0. The van der Waals surface area contributed by atoms with Crippen molar-refractivity contribution < 1.29 is 28.7 Å². The molecule has 0 aliphatic heterocycles. The maximum atomic E-state index is 11.4. The Hall–Kier alpha value is -6.02. The lowest BCUT2D eigenvalue weighted by molar-refractivity contribution is 0.0966. The van der Waals surface area contributed by atoms with Crippen molar-refractivity contribution in [3.8, 4) is 34.1 Å². The Morgan fingerprint density at radius 1 is 0.500 bits per heavy atom. The van der Waals surface area contributed by atoms with Gasteiger partial charge in [0.1, 0.15) is 23.0 Å². The Balaban J connectivity index is 0.000000271. The highest BCUT2D eigenvalue weighted by atomic mass is 16.5. The number of carbonyl (C=O) groups excluding carboxylic acids is 4. The van der Waals surface area contributed by atoms with E-state index in [1.165, 1.54) is 38.5 Å². The zero-order valence-electron chi connectivity index (χ0n) is 28.0. The summed E-state index contributed by atoms with van der Waals surface area (Å²) in [7, 11) is 0. The Labute approximate surface area is 281 Å². The van der Waals surface area contributed by atoms with Crippen LogP contribution < -0.4 is 20.9 Å². The van der Waals surface area contributed by atoms with Gasteiger partial charge in [0.2, 0.25) is 5.91 Å². The van der Waals surface area contributed by atoms with Crippen LogP contribution in [0.4, 0.5) is 5.69 Å². The van der Waals surface area contributed by atoms with E-state index in [2.05, 4.69) is 25.1 Å².